The summed E-state index contributed by atoms with van der Waals surface area (Å²) in [7, 11) is 0. The van der Waals surface area contributed by atoms with Crippen LogP contribution in [0, 0.1) is 6.92 Å². The number of anilines is 1. The third-order valence-corrected chi connectivity index (χ3v) is 1.87. The Balaban J connectivity index is 2.48. The van der Waals surface area contributed by atoms with Crippen molar-refractivity contribution < 1.29 is 0 Å². The van der Waals surface area contributed by atoms with Crippen LogP contribution in [0.2, 0.25) is 0 Å². The molecule has 1 aromatic heterocycles. The first-order chi connectivity index (χ1) is 7.63. The third-order valence-electron chi connectivity index (χ3n) is 1.87. The number of rotatable bonds is 6. The lowest BCUT2D eigenvalue weighted by Crippen LogP contribution is -2.25. The van der Waals surface area contributed by atoms with Gasteiger partial charge in [-0.25, -0.2) is 0 Å². The summed E-state index contributed by atoms with van der Waals surface area (Å²) in [6, 6.07) is 0. The van der Waals surface area contributed by atoms with E-state index in [1.807, 2.05) is 0 Å². The average Bonchev–Trinajstić information content (AvgIpc) is 2.28. The lowest BCUT2D eigenvalue weighted by atomic mass is 10.2. The molecule has 0 saturated heterocycles. The number of nitrogens with one attached hydrogen (secondary N) is 3. The maximum atomic E-state index is 11.2. The van der Waals surface area contributed by atoms with Gasteiger partial charge in [0, 0.05) is 5.70 Å². The lowest BCUT2D eigenvalue weighted by Gasteiger charge is -2.09. The summed E-state index contributed by atoms with van der Waals surface area (Å²) >= 11 is 0. The minimum absolute atomic E-state index is 0.260. The number of hydrazine groups is 1. The van der Waals surface area contributed by atoms with Crippen molar-refractivity contribution in [3.05, 3.63) is 41.0 Å². The van der Waals surface area contributed by atoms with E-state index in [1.165, 1.54) is 0 Å². The van der Waals surface area contributed by atoms with Crippen molar-refractivity contribution in [3.63, 3.8) is 0 Å². The number of aromatic nitrogens is 3. The van der Waals surface area contributed by atoms with Crippen molar-refractivity contribution >= 4 is 5.95 Å². The van der Waals surface area contributed by atoms with Crippen LogP contribution < -0.4 is 16.4 Å². The number of nitrogens with zero attached hydrogens (tertiary/aromatic N) is 2. The van der Waals surface area contributed by atoms with Gasteiger partial charge in [-0.1, -0.05) is 12.7 Å². The van der Waals surface area contributed by atoms with Crippen molar-refractivity contribution in [2.24, 2.45) is 0 Å². The molecule has 0 spiro atoms. The third kappa shape index (κ3) is 3.56. The molecule has 0 fully saturated rings. The Kier molecular flexibility index (Phi) is 4.26. The number of hydrogen-bond acceptors (Lipinski definition) is 5. The van der Waals surface area contributed by atoms with Crippen LogP contribution in [0.15, 0.2) is 29.7 Å². The van der Waals surface area contributed by atoms with Gasteiger partial charge in [-0.3, -0.25) is 15.2 Å². The van der Waals surface area contributed by atoms with Gasteiger partial charge >= 0.3 is 0 Å². The smallest absolute Gasteiger partial charge is 0.274 e. The maximum absolute atomic E-state index is 11.2. The largest absolute Gasteiger partial charge is 0.303 e. The van der Waals surface area contributed by atoms with Crippen LogP contribution in [-0.4, -0.2) is 15.2 Å². The average molecular weight is 221 g/mol. The summed E-state index contributed by atoms with van der Waals surface area (Å²) in [4.78, 5) is 13.7. The molecule has 0 unspecified atom stereocenters. The summed E-state index contributed by atoms with van der Waals surface area (Å²) in [6.07, 6.45) is 3.41. The number of aromatic amines is 1. The van der Waals surface area contributed by atoms with Crippen LogP contribution in [0.1, 0.15) is 18.5 Å². The quantitative estimate of drug-likeness (QED) is 0.490. The molecular formula is C10H15N5O. The Labute approximate surface area is 93.5 Å². The van der Waals surface area contributed by atoms with E-state index in [0.29, 0.717) is 5.69 Å². The minimum Gasteiger partial charge on any atom is -0.303 e. The van der Waals surface area contributed by atoms with Crippen molar-refractivity contribution in [2.45, 2.75) is 19.8 Å². The van der Waals surface area contributed by atoms with Crippen LogP contribution in [0.3, 0.4) is 0 Å². The standard InChI is InChI=1S/C10H15N5O/c1-4-5-6-7(2)12-14-10-11-9(16)8(3)13-15-10/h4,12H,1-2,5-6H2,3H3,(H2,11,14,15,16). The monoisotopic (exact) mass is 221 g/mol. The van der Waals surface area contributed by atoms with Gasteiger partial charge in [0.1, 0.15) is 5.69 Å². The fraction of sp³-hybridized carbons (Fsp3) is 0.300. The molecule has 0 aliphatic carbocycles. The Morgan fingerprint density at radius 2 is 2.31 bits per heavy atom. The summed E-state index contributed by atoms with van der Waals surface area (Å²) < 4.78 is 0. The molecule has 0 aliphatic heterocycles. The van der Waals surface area contributed by atoms with E-state index in [9.17, 15) is 4.79 Å². The Morgan fingerprint density at radius 1 is 1.56 bits per heavy atom. The summed E-state index contributed by atoms with van der Waals surface area (Å²) in [5.74, 6) is 0.260. The molecular weight excluding hydrogens is 206 g/mol. The highest BCUT2D eigenvalue weighted by atomic mass is 16.1. The highest BCUT2D eigenvalue weighted by Crippen LogP contribution is 1.98. The second-order valence-electron chi connectivity index (χ2n) is 3.27. The summed E-state index contributed by atoms with van der Waals surface area (Å²) in [5, 5.41) is 7.43. The van der Waals surface area contributed by atoms with Gasteiger partial charge < -0.3 is 5.43 Å². The highest BCUT2D eigenvalue weighted by molar-refractivity contribution is 5.21. The molecule has 0 aliphatic rings. The molecule has 3 N–H and O–H groups in total. The number of H-pyrrole nitrogens is 1. The zero-order valence-electron chi connectivity index (χ0n) is 9.21. The Morgan fingerprint density at radius 3 is 2.94 bits per heavy atom. The van der Waals surface area contributed by atoms with Crippen molar-refractivity contribution in [2.75, 3.05) is 5.43 Å². The van der Waals surface area contributed by atoms with E-state index in [4.69, 9.17) is 0 Å². The van der Waals surface area contributed by atoms with E-state index in [0.717, 1.165) is 18.5 Å². The molecule has 0 amide bonds. The van der Waals surface area contributed by atoms with Crippen LogP contribution in [0.4, 0.5) is 5.95 Å². The van der Waals surface area contributed by atoms with Gasteiger partial charge in [0.25, 0.3) is 5.56 Å². The normalized spacial score (nSPS) is 9.56. The van der Waals surface area contributed by atoms with Gasteiger partial charge in [-0.05, 0) is 19.8 Å². The Bertz CT molecular complexity index is 437. The fourth-order valence-electron chi connectivity index (χ4n) is 0.936. The molecule has 1 aromatic rings. The van der Waals surface area contributed by atoms with Crippen LogP contribution in [0.25, 0.3) is 0 Å². The second kappa shape index (κ2) is 5.69. The van der Waals surface area contributed by atoms with E-state index in [2.05, 4.69) is 39.2 Å². The molecule has 6 nitrogen and oxygen atoms in total. The molecule has 1 rings (SSSR count). The molecule has 0 saturated carbocycles. The van der Waals surface area contributed by atoms with Crippen LogP contribution in [0.5, 0.6) is 0 Å². The second-order valence-corrected chi connectivity index (χ2v) is 3.27. The predicted octanol–water partition coefficient (Wildman–Crippen LogP) is 0.870. The van der Waals surface area contributed by atoms with Gasteiger partial charge in [-0.15, -0.1) is 16.8 Å². The SMILES string of the molecule is C=CCCC(=C)NNc1nnc(C)c(=O)[nH]1. The van der Waals surface area contributed by atoms with Crippen molar-refractivity contribution in [1.82, 2.24) is 20.6 Å². The first kappa shape index (κ1) is 12.0. The zero-order valence-corrected chi connectivity index (χ0v) is 9.21. The fourth-order valence-corrected chi connectivity index (χ4v) is 0.936. The molecule has 16 heavy (non-hydrogen) atoms. The van der Waals surface area contributed by atoms with Gasteiger partial charge in [-0.2, -0.15) is 0 Å². The molecule has 0 bridgehead atoms. The predicted molar refractivity (Wildman–Crippen MR) is 62.7 cm³/mol. The molecule has 1 heterocycles. The first-order valence-electron chi connectivity index (χ1n) is 4.87. The van der Waals surface area contributed by atoms with Crippen LogP contribution in [-0.2, 0) is 0 Å². The number of aryl methyl sites for hydroxylation is 1. The van der Waals surface area contributed by atoms with Crippen molar-refractivity contribution in [1.29, 1.82) is 0 Å². The summed E-state index contributed by atoms with van der Waals surface area (Å²) in [6.45, 7) is 8.99. The van der Waals surface area contributed by atoms with Crippen LogP contribution >= 0.6 is 0 Å². The molecule has 6 heteroatoms. The van der Waals surface area contributed by atoms with Gasteiger partial charge in [0.15, 0.2) is 0 Å². The van der Waals surface area contributed by atoms with E-state index >= 15 is 0 Å². The highest BCUT2D eigenvalue weighted by Gasteiger charge is 1.99. The van der Waals surface area contributed by atoms with E-state index < -0.39 is 0 Å². The zero-order chi connectivity index (χ0) is 12.0. The minimum atomic E-state index is -0.268. The molecule has 0 aromatic carbocycles. The van der Waals surface area contributed by atoms with Gasteiger partial charge in [0.05, 0.1) is 0 Å². The van der Waals surface area contributed by atoms with E-state index in [1.54, 1.807) is 13.0 Å². The van der Waals surface area contributed by atoms with E-state index in [-0.39, 0.29) is 11.5 Å². The summed E-state index contributed by atoms with van der Waals surface area (Å²) in [5.41, 5.74) is 6.37. The molecule has 0 radical (unpaired) electrons. The lowest BCUT2D eigenvalue weighted by molar-refractivity contribution is 0.810. The number of allylic oxidation sites excluding steroid dienone is 2. The Hall–Kier alpha value is -2.11. The maximum Gasteiger partial charge on any atom is 0.274 e. The first-order valence-corrected chi connectivity index (χ1v) is 4.87. The molecule has 0 atom stereocenters. The number of hydrogen-bond donors (Lipinski definition) is 3. The molecule has 86 valence electrons. The van der Waals surface area contributed by atoms with Crippen molar-refractivity contribution in [3.8, 4) is 0 Å². The van der Waals surface area contributed by atoms with Gasteiger partial charge in [0.2, 0.25) is 5.95 Å². The topological polar surface area (TPSA) is 82.7 Å².